The summed E-state index contributed by atoms with van der Waals surface area (Å²) in [4.78, 5) is 29.0. The SMILES string of the molecule is O=C(CNC(=O)c1ccccc1F)Nc1ncc(Cc2ccccc2Cl)s1. The Balaban J connectivity index is 1.53. The van der Waals surface area contributed by atoms with Crippen LogP contribution in [-0.4, -0.2) is 23.3 Å². The van der Waals surface area contributed by atoms with Crippen molar-refractivity contribution in [1.82, 2.24) is 10.3 Å². The van der Waals surface area contributed by atoms with Crippen LogP contribution in [0.4, 0.5) is 9.52 Å². The summed E-state index contributed by atoms with van der Waals surface area (Å²) in [7, 11) is 0. The molecule has 0 saturated carbocycles. The molecule has 2 aromatic carbocycles. The first kappa shape index (κ1) is 19.0. The number of rotatable bonds is 6. The van der Waals surface area contributed by atoms with Crippen molar-refractivity contribution in [1.29, 1.82) is 0 Å². The van der Waals surface area contributed by atoms with Crippen LogP contribution in [0.2, 0.25) is 5.02 Å². The summed E-state index contributed by atoms with van der Waals surface area (Å²) in [6, 6.07) is 13.1. The second kappa shape index (κ2) is 8.75. The number of hydrogen-bond acceptors (Lipinski definition) is 4. The molecule has 0 spiro atoms. The third-order valence-electron chi connectivity index (χ3n) is 3.65. The van der Waals surface area contributed by atoms with Crippen LogP contribution in [0.5, 0.6) is 0 Å². The summed E-state index contributed by atoms with van der Waals surface area (Å²) in [6.45, 7) is -0.285. The second-order valence-electron chi connectivity index (χ2n) is 5.61. The number of thiazole rings is 1. The van der Waals surface area contributed by atoms with E-state index < -0.39 is 17.6 Å². The standard InChI is InChI=1S/C19H15ClFN3O2S/c20-15-7-3-1-5-12(15)9-13-10-23-19(27-13)24-17(25)11-22-18(26)14-6-2-4-8-16(14)21/h1-8,10H,9,11H2,(H,22,26)(H,23,24,25). The lowest BCUT2D eigenvalue weighted by atomic mass is 10.1. The van der Waals surface area contributed by atoms with Crippen molar-refractivity contribution in [2.75, 3.05) is 11.9 Å². The molecule has 2 N–H and O–H groups in total. The Morgan fingerprint density at radius 2 is 1.85 bits per heavy atom. The molecule has 0 unspecified atom stereocenters. The number of aromatic nitrogens is 1. The summed E-state index contributed by atoms with van der Waals surface area (Å²) in [5, 5.41) is 6.09. The number of carbonyl (C=O) groups excluding carboxylic acids is 2. The molecule has 0 bridgehead atoms. The highest BCUT2D eigenvalue weighted by Gasteiger charge is 2.13. The zero-order chi connectivity index (χ0) is 19.2. The molecule has 0 aliphatic heterocycles. The van der Waals surface area contributed by atoms with Crippen LogP contribution in [-0.2, 0) is 11.2 Å². The number of benzene rings is 2. The van der Waals surface area contributed by atoms with E-state index in [-0.39, 0.29) is 12.1 Å². The lowest BCUT2D eigenvalue weighted by molar-refractivity contribution is -0.115. The number of carbonyl (C=O) groups is 2. The summed E-state index contributed by atoms with van der Waals surface area (Å²) >= 11 is 7.47. The van der Waals surface area contributed by atoms with E-state index >= 15 is 0 Å². The van der Waals surface area contributed by atoms with Gasteiger partial charge in [0.1, 0.15) is 5.82 Å². The van der Waals surface area contributed by atoms with E-state index in [2.05, 4.69) is 15.6 Å². The van der Waals surface area contributed by atoms with Gasteiger partial charge in [-0.3, -0.25) is 9.59 Å². The van der Waals surface area contributed by atoms with Crippen LogP contribution in [0.3, 0.4) is 0 Å². The number of nitrogens with one attached hydrogen (secondary N) is 2. The Morgan fingerprint density at radius 1 is 1.11 bits per heavy atom. The quantitative estimate of drug-likeness (QED) is 0.655. The third-order valence-corrected chi connectivity index (χ3v) is 4.93. The van der Waals surface area contributed by atoms with Gasteiger partial charge in [0.05, 0.1) is 12.1 Å². The molecule has 27 heavy (non-hydrogen) atoms. The largest absolute Gasteiger partial charge is 0.343 e. The van der Waals surface area contributed by atoms with Gasteiger partial charge in [0.2, 0.25) is 5.91 Å². The van der Waals surface area contributed by atoms with Gasteiger partial charge in [-0.1, -0.05) is 41.9 Å². The predicted octanol–water partition coefficient (Wildman–Crippen LogP) is 3.89. The van der Waals surface area contributed by atoms with Crippen molar-refractivity contribution in [2.45, 2.75) is 6.42 Å². The van der Waals surface area contributed by atoms with Gasteiger partial charge in [-0.05, 0) is 23.8 Å². The molecule has 5 nitrogen and oxygen atoms in total. The Morgan fingerprint density at radius 3 is 2.63 bits per heavy atom. The summed E-state index contributed by atoms with van der Waals surface area (Å²) in [6.07, 6.45) is 2.28. The zero-order valence-corrected chi connectivity index (χ0v) is 15.6. The first-order chi connectivity index (χ1) is 13.0. The van der Waals surface area contributed by atoms with Crippen LogP contribution in [0, 0.1) is 5.82 Å². The topological polar surface area (TPSA) is 71.1 Å². The van der Waals surface area contributed by atoms with E-state index in [9.17, 15) is 14.0 Å². The van der Waals surface area contributed by atoms with Crippen molar-refractivity contribution in [2.24, 2.45) is 0 Å². The fraction of sp³-hybridized carbons (Fsp3) is 0.105. The average Bonchev–Trinajstić information content (AvgIpc) is 3.09. The van der Waals surface area contributed by atoms with E-state index in [0.717, 1.165) is 10.4 Å². The number of halogens is 2. The molecular formula is C19H15ClFN3O2S. The Kier molecular flexibility index (Phi) is 6.16. The molecule has 0 aliphatic carbocycles. The highest BCUT2D eigenvalue weighted by atomic mass is 35.5. The molecule has 0 radical (unpaired) electrons. The summed E-state index contributed by atoms with van der Waals surface area (Å²) < 4.78 is 13.5. The first-order valence-electron chi connectivity index (χ1n) is 8.03. The van der Waals surface area contributed by atoms with Crippen molar-refractivity contribution < 1.29 is 14.0 Å². The van der Waals surface area contributed by atoms with Crippen LogP contribution in [0.25, 0.3) is 0 Å². The van der Waals surface area contributed by atoms with Crippen molar-refractivity contribution in [3.63, 3.8) is 0 Å². The molecule has 0 fully saturated rings. The van der Waals surface area contributed by atoms with Crippen LogP contribution < -0.4 is 10.6 Å². The smallest absolute Gasteiger partial charge is 0.254 e. The van der Waals surface area contributed by atoms with E-state index in [4.69, 9.17) is 11.6 Å². The van der Waals surface area contributed by atoms with Crippen molar-refractivity contribution >= 4 is 39.9 Å². The van der Waals surface area contributed by atoms with Crippen LogP contribution >= 0.6 is 22.9 Å². The molecular weight excluding hydrogens is 389 g/mol. The second-order valence-corrected chi connectivity index (χ2v) is 7.13. The minimum absolute atomic E-state index is 0.110. The minimum Gasteiger partial charge on any atom is -0.343 e. The molecule has 1 aromatic heterocycles. The number of hydrogen-bond donors (Lipinski definition) is 2. The van der Waals surface area contributed by atoms with Crippen LogP contribution in [0.1, 0.15) is 20.8 Å². The molecule has 1 heterocycles. The number of amides is 2. The highest BCUT2D eigenvalue weighted by Crippen LogP contribution is 2.24. The molecule has 8 heteroatoms. The Hall–Kier alpha value is -2.77. The normalized spacial score (nSPS) is 10.4. The zero-order valence-electron chi connectivity index (χ0n) is 14.0. The maximum atomic E-state index is 13.5. The lowest BCUT2D eigenvalue weighted by Crippen LogP contribution is -2.33. The van der Waals surface area contributed by atoms with Gasteiger partial charge in [0.15, 0.2) is 5.13 Å². The summed E-state index contributed by atoms with van der Waals surface area (Å²) in [5.41, 5.74) is 0.861. The monoisotopic (exact) mass is 403 g/mol. The molecule has 0 saturated heterocycles. The molecule has 2 amide bonds. The van der Waals surface area contributed by atoms with Gasteiger partial charge in [-0.25, -0.2) is 9.37 Å². The van der Waals surface area contributed by atoms with E-state index in [1.54, 1.807) is 12.3 Å². The van der Waals surface area contributed by atoms with Gasteiger partial charge in [0.25, 0.3) is 5.91 Å². The fourth-order valence-electron chi connectivity index (χ4n) is 2.34. The number of anilines is 1. The van der Waals surface area contributed by atoms with Crippen molar-refractivity contribution in [3.05, 3.63) is 81.6 Å². The van der Waals surface area contributed by atoms with Gasteiger partial charge in [-0.15, -0.1) is 11.3 Å². The van der Waals surface area contributed by atoms with Gasteiger partial charge < -0.3 is 10.6 Å². The molecule has 138 valence electrons. The molecule has 0 aliphatic rings. The fourth-order valence-corrected chi connectivity index (χ4v) is 3.40. The van der Waals surface area contributed by atoms with E-state index in [0.29, 0.717) is 16.6 Å². The Bertz CT molecular complexity index is 977. The number of nitrogens with zero attached hydrogens (tertiary/aromatic N) is 1. The maximum Gasteiger partial charge on any atom is 0.254 e. The van der Waals surface area contributed by atoms with E-state index in [1.807, 2.05) is 24.3 Å². The summed E-state index contributed by atoms with van der Waals surface area (Å²) in [5.74, 6) is -1.74. The predicted molar refractivity (Wildman–Crippen MR) is 104 cm³/mol. The minimum atomic E-state index is -0.651. The van der Waals surface area contributed by atoms with Gasteiger partial charge in [-0.2, -0.15) is 0 Å². The average molecular weight is 404 g/mol. The van der Waals surface area contributed by atoms with Gasteiger partial charge >= 0.3 is 0 Å². The first-order valence-corrected chi connectivity index (χ1v) is 9.23. The molecule has 0 atom stereocenters. The third kappa shape index (κ3) is 5.12. The Labute approximate surface area is 164 Å². The molecule has 3 aromatic rings. The van der Waals surface area contributed by atoms with Gasteiger partial charge in [0, 0.05) is 22.5 Å². The molecule has 3 rings (SSSR count). The van der Waals surface area contributed by atoms with Crippen LogP contribution in [0.15, 0.2) is 54.7 Å². The maximum absolute atomic E-state index is 13.5. The highest BCUT2D eigenvalue weighted by molar-refractivity contribution is 7.15. The van der Waals surface area contributed by atoms with Crippen molar-refractivity contribution in [3.8, 4) is 0 Å². The lowest BCUT2D eigenvalue weighted by Gasteiger charge is -2.05. The van der Waals surface area contributed by atoms with E-state index in [1.165, 1.54) is 29.5 Å².